The molecule has 5 heteroatoms. The average Bonchev–Trinajstić information content (AvgIpc) is 1.98. The van der Waals surface area contributed by atoms with Crippen LogP contribution in [-0.2, 0) is 0 Å². The zero-order chi connectivity index (χ0) is 10.0. The third-order valence-corrected chi connectivity index (χ3v) is 2.38. The van der Waals surface area contributed by atoms with Crippen molar-refractivity contribution in [2.75, 3.05) is 6.54 Å². The van der Waals surface area contributed by atoms with E-state index in [-0.39, 0.29) is 18.1 Å². The molecule has 0 aliphatic carbocycles. The largest absolute Gasteiger partial charge is 0.252 e. The van der Waals surface area contributed by atoms with E-state index in [9.17, 15) is 8.78 Å². The van der Waals surface area contributed by atoms with Gasteiger partial charge in [0.25, 0.3) is 6.43 Å². The molecule has 0 radical (unpaired) electrons. The first kappa shape index (κ1) is 10.9. The zero-order valence-electron chi connectivity index (χ0n) is 7.60. The lowest BCUT2D eigenvalue weighted by Crippen LogP contribution is -2.52. The summed E-state index contributed by atoms with van der Waals surface area (Å²) in [7, 11) is 0. The Balaban J connectivity index is 2.62. The fraction of sp³-hybridized carbons (Fsp3) is 0.750. The van der Waals surface area contributed by atoms with Crippen LogP contribution in [0.25, 0.3) is 0 Å². The third kappa shape index (κ3) is 2.90. The molecule has 1 N–H and O–H groups in total. The van der Waals surface area contributed by atoms with E-state index in [0.29, 0.717) is 0 Å². The van der Waals surface area contributed by atoms with E-state index in [2.05, 4.69) is 5.43 Å². The van der Waals surface area contributed by atoms with E-state index in [4.69, 9.17) is 11.6 Å². The van der Waals surface area contributed by atoms with Crippen molar-refractivity contribution in [3.8, 4) is 0 Å². The highest BCUT2D eigenvalue weighted by Crippen LogP contribution is 2.17. The second-order valence-corrected chi connectivity index (χ2v) is 3.63. The summed E-state index contributed by atoms with van der Waals surface area (Å²) in [6.07, 6.45) is -0.515. The first-order valence-electron chi connectivity index (χ1n) is 4.14. The molecule has 2 unspecified atom stereocenters. The van der Waals surface area contributed by atoms with Crippen molar-refractivity contribution in [1.82, 2.24) is 10.4 Å². The third-order valence-electron chi connectivity index (χ3n) is 2.16. The van der Waals surface area contributed by atoms with Gasteiger partial charge in [0.05, 0.1) is 6.54 Å². The van der Waals surface area contributed by atoms with Crippen molar-refractivity contribution in [2.45, 2.75) is 31.8 Å². The Labute approximate surface area is 81.5 Å². The molecule has 0 aromatic carbocycles. The summed E-state index contributed by atoms with van der Waals surface area (Å²) in [4.78, 5) is 0. The van der Waals surface area contributed by atoms with Crippen LogP contribution in [0.4, 0.5) is 8.78 Å². The standard InChI is InChI=1S/C8H13ClF2N2/c1-5-3-7(9)12-13(6(5)2)4-8(10)11/h3,6-8,12H,4H2,1-2H3. The zero-order valence-corrected chi connectivity index (χ0v) is 8.35. The quantitative estimate of drug-likeness (QED) is 0.426. The van der Waals surface area contributed by atoms with Crippen LogP contribution in [0.15, 0.2) is 11.6 Å². The van der Waals surface area contributed by atoms with Gasteiger partial charge in [-0.05, 0) is 13.8 Å². The monoisotopic (exact) mass is 210 g/mol. The number of hydrogen-bond acceptors (Lipinski definition) is 2. The minimum absolute atomic E-state index is 0.0241. The van der Waals surface area contributed by atoms with Crippen LogP contribution in [0.2, 0.25) is 0 Å². The Morgan fingerprint density at radius 1 is 1.69 bits per heavy atom. The lowest BCUT2D eigenvalue weighted by Gasteiger charge is -2.35. The topological polar surface area (TPSA) is 15.3 Å². The van der Waals surface area contributed by atoms with Crippen molar-refractivity contribution in [1.29, 1.82) is 0 Å². The van der Waals surface area contributed by atoms with Crippen molar-refractivity contribution in [2.24, 2.45) is 0 Å². The molecular formula is C8H13ClF2N2. The minimum atomic E-state index is -2.34. The van der Waals surface area contributed by atoms with E-state index in [1.807, 2.05) is 19.9 Å². The normalized spacial score (nSPS) is 30.8. The van der Waals surface area contributed by atoms with Crippen LogP contribution in [0.5, 0.6) is 0 Å². The van der Waals surface area contributed by atoms with Gasteiger partial charge in [-0.25, -0.2) is 19.2 Å². The Morgan fingerprint density at radius 3 is 2.85 bits per heavy atom. The van der Waals surface area contributed by atoms with Gasteiger partial charge in [0, 0.05) is 6.04 Å². The fourth-order valence-electron chi connectivity index (χ4n) is 1.28. The SMILES string of the molecule is CC1=CC(Cl)NN(CC(F)F)C1C. The average molecular weight is 211 g/mol. The molecule has 0 bridgehead atoms. The van der Waals surface area contributed by atoms with Gasteiger partial charge in [-0.3, -0.25) is 0 Å². The summed E-state index contributed by atoms with van der Waals surface area (Å²) in [5.74, 6) is 0. The maximum atomic E-state index is 12.1. The number of rotatable bonds is 2. The van der Waals surface area contributed by atoms with Gasteiger partial charge in [-0.1, -0.05) is 23.3 Å². The molecule has 2 nitrogen and oxygen atoms in total. The lowest BCUT2D eigenvalue weighted by atomic mass is 10.1. The highest BCUT2D eigenvalue weighted by molar-refractivity contribution is 6.21. The molecular weight excluding hydrogens is 198 g/mol. The number of nitrogens with one attached hydrogen (secondary N) is 1. The summed E-state index contributed by atoms with van der Waals surface area (Å²) in [6.45, 7) is 3.46. The van der Waals surface area contributed by atoms with Gasteiger partial charge >= 0.3 is 0 Å². The molecule has 2 atom stereocenters. The van der Waals surface area contributed by atoms with E-state index < -0.39 is 6.43 Å². The molecule has 1 aliphatic heterocycles. The Kier molecular flexibility index (Phi) is 3.64. The van der Waals surface area contributed by atoms with Gasteiger partial charge in [0.2, 0.25) is 0 Å². The molecule has 1 aliphatic rings. The molecule has 0 fully saturated rings. The summed E-state index contributed by atoms with van der Waals surface area (Å²) in [5.41, 5.74) is 3.40. The molecule has 1 rings (SSSR count). The van der Waals surface area contributed by atoms with Gasteiger partial charge in [0.1, 0.15) is 5.50 Å². The summed E-state index contributed by atoms with van der Waals surface area (Å²) >= 11 is 5.78. The second kappa shape index (κ2) is 4.35. The van der Waals surface area contributed by atoms with Crippen LogP contribution in [-0.4, -0.2) is 29.5 Å². The molecule has 76 valence electrons. The summed E-state index contributed by atoms with van der Waals surface area (Å²) in [6, 6.07) is -0.0241. The van der Waals surface area contributed by atoms with E-state index >= 15 is 0 Å². The van der Waals surface area contributed by atoms with Crippen LogP contribution < -0.4 is 5.43 Å². The molecule has 0 aromatic rings. The predicted molar refractivity (Wildman–Crippen MR) is 48.7 cm³/mol. The number of nitrogens with zero attached hydrogens (tertiary/aromatic N) is 1. The maximum Gasteiger partial charge on any atom is 0.252 e. The molecule has 0 spiro atoms. The number of alkyl halides is 3. The van der Waals surface area contributed by atoms with Crippen LogP contribution in [0, 0.1) is 0 Å². The summed E-state index contributed by atoms with van der Waals surface area (Å²) < 4.78 is 24.2. The molecule has 0 saturated heterocycles. The number of hydrogen-bond donors (Lipinski definition) is 1. The first-order valence-corrected chi connectivity index (χ1v) is 4.57. The van der Waals surface area contributed by atoms with E-state index in [1.54, 1.807) is 0 Å². The van der Waals surface area contributed by atoms with Crippen LogP contribution in [0.3, 0.4) is 0 Å². The Hall–Kier alpha value is -0.190. The molecule has 0 saturated carbocycles. The van der Waals surface area contributed by atoms with Crippen LogP contribution in [0.1, 0.15) is 13.8 Å². The number of halogens is 3. The Bertz CT molecular complexity index is 208. The smallest absolute Gasteiger partial charge is 0.233 e. The van der Waals surface area contributed by atoms with E-state index in [0.717, 1.165) is 5.57 Å². The second-order valence-electron chi connectivity index (χ2n) is 3.16. The van der Waals surface area contributed by atoms with Crippen molar-refractivity contribution < 1.29 is 8.78 Å². The predicted octanol–water partition coefficient (Wildman–Crippen LogP) is 1.97. The van der Waals surface area contributed by atoms with Gasteiger partial charge in [-0.2, -0.15) is 0 Å². The minimum Gasteiger partial charge on any atom is -0.233 e. The molecule has 13 heavy (non-hydrogen) atoms. The molecule has 0 aromatic heterocycles. The van der Waals surface area contributed by atoms with Crippen molar-refractivity contribution in [3.63, 3.8) is 0 Å². The Morgan fingerprint density at radius 2 is 2.31 bits per heavy atom. The summed E-state index contributed by atoms with van der Waals surface area (Å²) in [5, 5.41) is 1.47. The molecule has 0 amide bonds. The number of hydrazine groups is 1. The van der Waals surface area contributed by atoms with Crippen molar-refractivity contribution >= 4 is 11.6 Å². The fourth-order valence-corrected chi connectivity index (χ4v) is 1.61. The first-order chi connectivity index (χ1) is 6.00. The van der Waals surface area contributed by atoms with Gasteiger partial charge in [0.15, 0.2) is 0 Å². The highest BCUT2D eigenvalue weighted by atomic mass is 35.5. The highest BCUT2D eigenvalue weighted by Gasteiger charge is 2.25. The maximum absolute atomic E-state index is 12.1. The van der Waals surface area contributed by atoms with Gasteiger partial charge < -0.3 is 0 Å². The van der Waals surface area contributed by atoms with Crippen LogP contribution >= 0.6 is 11.6 Å². The van der Waals surface area contributed by atoms with Gasteiger partial charge in [-0.15, -0.1) is 0 Å². The van der Waals surface area contributed by atoms with E-state index in [1.165, 1.54) is 5.01 Å². The molecule has 1 heterocycles. The lowest BCUT2D eigenvalue weighted by molar-refractivity contribution is 0.0410. The van der Waals surface area contributed by atoms with Crippen molar-refractivity contribution in [3.05, 3.63) is 11.6 Å².